The lowest BCUT2D eigenvalue weighted by atomic mass is 10.3. The van der Waals surface area contributed by atoms with Crippen LogP contribution in [0.4, 0.5) is 11.5 Å². The molecule has 0 spiro atoms. The minimum atomic E-state index is -0.263. The maximum atomic E-state index is 11.7. The Hall–Kier alpha value is -2.47. The van der Waals surface area contributed by atoms with Gasteiger partial charge in [-0.05, 0) is 12.1 Å². The third-order valence-corrected chi connectivity index (χ3v) is 2.52. The van der Waals surface area contributed by atoms with Crippen molar-refractivity contribution >= 4 is 17.4 Å². The molecule has 0 aliphatic carbocycles. The normalized spacial score (nSPS) is 10.1. The summed E-state index contributed by atoms with van der Waals surface area (Å²) in [4.78, 5) is 19.9. The summed E-state index contributed by atoms with van der Waals surface area (Å²) < 4.78 is 4.85. The van der Waals surface area contributed by atoms with E-state index in [0.717, 1.165) is 5.69 Å². The molecule has 0 bridgehead atoms. The Kier molecular flexibility index (Phi) is 5.02. The lowest BCUT2D eigenvalue weighted by Gasteiger charge is -2.06. The maximum Gasteiger partial charge on any atom is 0.271 e. The third kappa shape index (κ3) is 4.03. The minimum Gasteiger partial charge on any atom is -0.383 e. The van der Waals surface area contributed by atoms with Gasteiger partial charge in [-0.15, -0.1) is 0 Å². The number of ether oxygens (including phenoxy) is 1. The zero-order valence-corrected chi connectivity index (χ0v) is 11.2. The summed E-state index contributed by atoms with van der Waals surface area (Å²) in [5, 5.41) is 5.78. The zero-order chi connectivity index (χ0) is 14.2. The number of carbonyl (C=O) groups excluding carboxylic acids is 1. The molecular formula is C14H16N4O2. The van der Waals surface area contributed by atoms with E-state index in [-0.39, 0.29) is 11.6 Å². The lowest BCUT2D eigenvalue weighted by molar-refractivity contribution is 0.0932. The van der Waals surface area contributed by atoms with Gasteiger partial charge in [0.25, 0.3) is 5.91 Å². The summed E-state index contributed by atoms with van der Waals surface area (Å²) >= 11 is 0. The third-order valence-electron chi connectivity index (χ3n) is 2.52. The Morgan fingerprint density at radius 1 is 1.20 bits per heavy atom. The molecule has 0 saturated heterocycles. The van der Waals surface area contributed by atoms with Crippen molar-refractivity contribution in [2.75, 3.05) is 25.6 Å². The molecule has 0 fully saturated rings. The van der Waals surface area contributed by atoms with E-state index in [9.17, 15) is 4.79 Å². The second kappa shape index (κ2) is 7.20. The molecule has 1 aromatic heterocycles. The van der Waals surface area contributed by atoms with E-state index < -0.39 is 0 Å². The van der Waals surface area contributed by atoms with E-state index in [2.05, 4.69) is 20.6 Å². The highest BCUT2D eigenvalue weighted by molar-refractivity contribution is 5.92. The molecule has 1 aromatic carbocycles. The van der Waals surface area contributed by atoms with Gasteiger partial charge in [-0.3, -0.25) is 4.79 Å². The first-order valence-electron chi connectivity index (χ1n) is 6.21. The van der Waals surface area contributed by atoms with Crippen LogP contribution in [0.3, 0.4) is 0 Å². The van der Waals surface area contributed by atoms with Gasteiger partial charge in [-0.25, -0.2) is 9.97 Å². The largest absolute Gasteiger partial charge is 0.383 e. The number of anilines is 2. The topological polar surface area (TPSA) is 76.1 Å². The molecule has 2 aromatic rings. The van der Waals surface area contributed by atoms with Gasteiger partial charge in [0, 0.05) is 19.3 Å². The van der Waals surface area contributed by atoms with Crippen molar-refractivity contribution in [3.05, 3.63) is 48.4 Å². The molecule has 20 heavy (non-hydrogen) atoms. The van der Waals surface area contributed by atoms with Crippen molar-refractivity contribution in [2.45, 2.75) is 0 Å². The number of hydrogen-bond donors (Lipinski definition) is 2. The molecule has 2 rings (SSSR count). The Balaban J connectivity index is 1.94. The van der Waals surface area contributed by atoms with Crippen molar-refractivity contribution in [3.63, 3.8) is 0 Å². The number of nitrogens with one attached hydrogen (secondary N) is 2. The molecule has 2 N–H and O–H groups in total. The molecule has 0 unspecified atom stereocenters. The van der Waals surface area contributed by atoms with Gasteiger partial charge in [0.1, 0.15) is 11.5 Å². The fourth-order valence-electron chi connectivity index (χ4n) is 1.54. The number of amides is 1. The van der Waals surface area contributed by atoms with Crippen LogP contribution in [0, 0.1) is 0 Å². The predicted octanol–water partition coefficient (Wildman–Crippen LogP) is 1.60. The SMILES string of the molecule is COCCNC(=O)c1cnc(Nc2ccccc2)cn1. The Bertz CT molecular complexity index is 543. The Labute approximate surface area is 117 Å². The van der Waals surface area contributed by atoms with E-state index in [1.54, 1.807) is 7.11 Å². The number of rotatable bonds is 6. The monoisotopic (exact) mass is 272 g/mol. The summed E-state index contributed by atoms with van der Waals surface area (Å²) in [6.07, 6.45) is 2.96. The van der Waals surface area contributed by atoms with Crippen LogP contribution >= 0.6 is 0 Å². The van der Waals surface area contributed by atoms with Crippen molar-refractivity contribution in [3.8, 4) is 0 Å². The maximum absolute atomic E-state index is 11.7. The first-order valence-corrected chi connectivity index (χ1v) is 6.21. The molecule has 0 saturated carbocycles. The quantitative estimate of drug-likeness (QED) is 0.781. The van der Waals surface area contributed by atoms with Gasteiger partial charge >= 0.3 is 0 Å². The van der Waals surface area contributed by atoms with Crippen molar-refractivity contribution in [1.82, 2.24) is 15.3 Å². The number of para-hydroxylation sites is 1. The molecule has 0 aliphatic rings. The molecular weight excluding hydrogens is 256 g/mol. The van der Waals surface area contributed by atoms with Crippen LogP contribution in [0.15, 0.2) is 42.7 Å². The number of methoxy groups -OCH3 is 1. The molecule has 6 heteroatoms. The molecule has 0 atom stereocenters. The molecule has 1 amide bonds. The first-order chi connectivity index (χ1) is 9.79. The zero-order valence-electron chi connectivity index (χ0n) is 11.2. The highest BCUT2D eigenvalue weighted by atomic mass is 16.5. The summed E-state index contributed by atoms with van der Waals surface area (Å²) in [6.45, 7) is 0.911. The number of aromatic nitrogens is 2. The highest BCUT2D eigenvalue weighted by Gasteiger charge is 2.07. The molecule has 104 valence electrons. The summed E-state index contributed by atoms with van der Waals surface area (Å²) in [6, 6.07) is 9.63. The van der Waals surface area contributed by atoms with Crippen LogP contribution in [0.5, 0.6) is 0 Å². The van der Waals surface area contributed by atoms with E-state index in [0.29, 0.717) is 19.0 Å². The van der Waals surface area contributed by atoms with Crippen LogP contribution < -0.4 is 10.6 Å². The summed E-state index contributed by atoms with van der Waals surface area (Å²) in [7, 11) is 1.58. The number of benzene rings is 1. The second-order valence-electron chi connectivity index (χ2n) is 4.03. The van der Waals surface area contributed by atoms with Crippen LogP contribution in [-0.2, 0) is 4.74 Å². The Morgan fingerprint density at radius 3 is 2.65 bits per heavy atom. The van der Waals surface area contributed by atoms with Gasteiger partial charge in [0.2, 0.25) is 0 Å². The van der Waals surface area contributed by atoms with E-state index >= 15 is 0 Å². The van der Waals surface area contributed by atoms with E-state index in [1.807, 2.05) is 30.3 Å². The van der Waals surface area contributed by atoms with Gasteiger partial charge in [-0.1, -0.05) is 18.2 Å². The standard InChI is InChI=1S/C14H16N4O2/c1-20-8-7-15-14(19)12-9-17-13(10-16-12)18-11-5-3-2-4-6-11/h2-6,9-10H,7-8H2,1H3,(H,15,19)(H,17,18). The van der Waals surface area contributed by atoms with Crippen LogP contribution in [0.25, 0.3) is 0 Å². The minimum absolute atomic E-state index is 0.263. The average Bonchev–Trinajstić information content (AvgIpc) is 2.49. The average molecular weight is 272 g/mol. The molecule has 0 aliphatic heterocycles. The molecule has 0 radical (unpaired) electrons. The van der Waals surface area contributed by atoms with Gasteiger partial charge in [0.05, 0.1) is 19.0 Å². The second-order valence-corrected chi connectivity index (χ2v) is 4.03. The van der Waals surface area contributed by atoms with Crippen molar-refractivity contribution in [2.24, 2.45) is 0 Å². The van der Waals surface area contributed by atoms with Crippen LogP contribution in [0.1, 0.15) is 10.5 Å². The highest BCUT2D eigenvalue weighted by Crippen LogP contribution is 2.12. The van der Waals surface area contributed by atoms with Gasteiger partial charge in [0.15, 0.2) is 0 Å². The smallest absolute Gasteiger partial charge is 0.271 e. The van der Waals surface area contributed by atoms with Gasteiger partial charge < -0.3 is 15.4 Å². The van der Waals surface area contributed by atoms with Gasteiger partial charge in [-0.2, -0.15) is 0 Å². The lowest BCUT2D eigenvalue weighted by Crippen LogP contribution is -2.27. The summed E-state index contributed by atoms with van der Waals surface area (Å²) in [5.74, 6) is 0.324. The van der Waals surface area contributed by atoms with Crippen molar-refractivity contribution < 1.29 is 9.53 Å². The summed E-state index contributed by atoms with van der Waals surface area (Å²) in [5.41, 5.74) is 1.19. The number of carbonyl (C=O) groups is 1. The number of nitrogens with zero attached hydrogens (tertiary/aromatic N) is 2. The molecule has 1 heterocycles. The number of hydrogen-bond acceptors (Lipinski definition) is 5. The van der Waals surface area contributed by atoms with Crippen molar-refractivity contribution in [1.29, 1.82) is 0 Å². The predicted molar refractivity (Wildman–Crippen MR) is 76.0 cm³/mol. The fraction of sp³-hybridized carbons (Fsp3) is 0.214. The fourth-order valence-corrected chi connectivity index (χ4v) is 1.54. The van der Waals surface area contributed by atoms with E-state index in [4.69, 9.17) is 4.74 Å². The molecule has 6 nitrogen and oxygen atoms in total. The van der Waals surface area contributed by atoms with Crippen LogP contribution in [0.2, 0.25) is 0 Å². The van der Waals surface area contributed by atoms with Crippen LogP contribution in [-0.4, -0.2) is 36.1 Å². The first kappa shape index (κ1) is 14.0. The van der Waals surface area contributed by atoms with E-state index in [1.165, 1.54) is 12.4 Å². The Morgan fingerprint density at radius 2 is 2.00 bits per heavy atom.